The number of benzene rings is 3. The van der Waals surface area contributed by atoms with Crippen LogP contribution in [0.4, 0.5) is 0 Å². The fourth-order valence-corrected chi connectivity index (χ4v) is 3.15. The summed E-state index contributed by atoms with van der Waals surface area (Å²) in [5, 5.41) is 13.8. The second kappa shape index (κ2) is 7.75. The zero-order valence-corrected chi connectivity index (χ0v) is 16.2. The van der Waals surface area contributed by atoms with Gasteiger partial charge in [0.05, 0.1) is 16.6 Å². The summed E-state index contributed by atoms with van der Waals surface area (Å²) in [6.07, 6.45) is 1.45. The highest BCUT2D eigenvalue weighted by molar-refractivity contribution is 5.79. The zero-order valence-electron chi connectivity index (χ0n) is 16.2. The van der Waals surface area contributed by atoms with Crippen LogP contribution in [0.15, 0.2) is 88.4 Å². The Balaban J connectivity index is 1.36. The van der Waals surface area contributed by atoms with Gasteiger partial charge in [-0.25, -0.2) is 4.98 Å². The van der Waals surface area contributed by atoms with Crippen molar-refractivity contribution in [1.82, 2.24) is 19.7 Å². The summed E-state index contributed by atoms with van der Waals surface area (Å²) >= 11 is 0. The first-order valence-corrected chi connectivity index (χ1v) is 9.49. The number of nitrogens with zero attached hydrogens (tertiary/aromatic N) is 4. The number of phenolic OH excluding ortho intramolecular Hbond substituents is 1. The minimum atomic E-state index is -0.215. The summed E-state index contributed by atoms with van der Waals surface area (Å²) in [6.45, 7) is 0.117. The van der Waals surface area contributed by atoms with Gasteiger partial charge in [-0.2, -0.15) is 4.98 Å². The average molecular weight is 412 g/mol. The lowest BCUT2D eigenvalue weighted by atomic mass is 10.2. The summed E-state index contributed by atoms with van der Waals surface area (Å²) in [5.41, 5.74) is 1.74. The third kappa shape index (κ3) is 3.74. The molecule has 1 N–H and O–H groups in total. The number of hydrogen-bond acceptors (Lipinski definition) is 7. The molecule has 2 aromatic heterocycles. The maximum absolute atomic E-state index is 12.8. The monoisotopic (exact) mass is 412 g/mol. The van der Waals surface area contributed by atoms with Gasteiger partial charge in [-0.1, -0.05) is 23.4 Å². The highest BCUT2D eigenvalue weighted by Gasteiger charge is 2.11. The number of hydrogen-bond donors (Lipinski definition) is 1. The Hall–Kier alpha value is -4.46. The maximum atomic E-state index is 12.8. The number of aromatic hydroxyl groups is 1. The second-order valence-corrected chi connectivity index (χ2v) is 6.79. The van der Waals surface area contributed by atoms with E-state index in [2.05, 4.69) is 15.1 Å². The smallest absolute Gasteiger partial charge is 0.265 e. The van der Waals surface area contributed by atoms with Crippen LogP contribution < -0.4 is 10.3 Å². The lowest BCUT2D eigenvalue weighted by molar-refractivity contribution is 0.287. The second-order valence-electron chi connectivity index (χ2n) is 6.79. The molecule has 0 atom stereocenters. The molecule has 0 fully saturated rings. The Morgan fingerprint density at radius 2 is 1.81 bits per heavy atom. The number of fused-ring (bicyclic) bond motifs is 1. The zero-order chi connectivity index (χ0) is 21.2. The minimum absolute atomic E-state index is 0.117. The highest BCUT2D eigenvalue weighted by atomic mass is 16.5. The van der Waals surface area contributed by atoms with Gasteiger partial charge in [-0.3, -0.25) is 9.36 Å². The Morgan fingerprint density at radius 3 is 2.61 bits per heavy atom. The average Bonchev–Trinajstić information content (AvgIpc) is 3.28. The van der Waals surface area contributed by atoms with Crippen LogP contribution in [0, 0.1) is 0 Å². The molecule has 2 heterocycles. The van der Waals surface area contributed by atoms with E-state index in [0.29, 0.717) is 34.1 Å². The molecule has 0 aliphatic carbocycles. The fraction of sp³-hybridized carbons (Fsp3) is 0.0435. The van der Waals surface area contributed by atoms with Crippen LogP contribution in [0.25, 0.3) is 28.0 Å². The largest absolute Gasteiger partial charge is 0.508 e. The van der Waals surface area contributed by atoms with Crippen molar-refractivity contribution in [2.24, 2.45) is 0 Å². The molecule has 0 radical (unpaired) electrons. The van der Waals surface area contributed by atoms with Gasteiger partial charge < -0.3 is 14.4 Å². The SMILES string of the molecule is O=c1c2ccc(OCc3noc(-c4ccccc4)n3)cc2ncn1-c1ccc(O)cc1. The highest BCUT2D eigenvalue weighted by Crippen LogP contribution is 2.20. The third-order valence-electron chi connectivity index (χ3n) is 4.72. The Labute approximate surface area is 176 Å². The Morgan fingerprint density at radius 1 is 1.00 bits per heavy atom. The summed E-state index contributed by atoms with van der Waals surface area (Å²) < 4.78 is 12.5. The molecule has 0 unspecified atom stereocenters. The van der Waals surface area contributed by atoms with Crippen molar-refractivity contribution in [3.8, 4) is 28.6 Å². The molecule has 152 valence electrons. The van der Waals surface area contributed by atoms with Gasteiger partial charge in [0.25, 0.3) is 11.4 Å². The van der Waals surface area contributed by atoms with E-state index >= 15 is 0 Å². The van der Waals surface area contributed by atoms with Gasteiger partial charge >= 0.3 is 0 Å². The third-order valence-corrected chi connectivity index (χ3v) is 4.72. The van der Waals surface area contributed by atoms with Crippen LogP contribution in [-0.2, 0) is 6.61 Å². The predicted octanol–water partition coefficient (Wildman–Crippen LogP) is 3.72. The van der Waals surface area contributed by atoms with E-state index in [4.69, 9.17) is 9.26 Å². The van der Waals surface area contributed by atoms with E-state index < -0.39 is 0 Å². The molecule has 0 saturated heterocycles. The summed E-state index contributed by atoms with van der Waals surface area (Å²) in [5.74, 6) is 1.50. The molecule has 0 saturated carbocycles. The van der Waals surface area contributed by atoms with Gasteiger partial charge in [0.2, 0.25) is 5.82 Å². The molecule has 0 bridgehead atoms. The van der Waals surface area contributed by atoms with Crippen molar-refractivity contribution in [3.63, 3.8) is 0 Å². The molecule has 5 aromatic rings. The first-order chi connectivity index (χ1) is 15.2. The van der Waals surface area contributed by atoms with Gasteiger partial charge in [0.1, 0.15) is 17.8 Å². The lowest BCUT2D eigenvalue weighted by Crippen LogP contribution is -2.18. The quantitative estimate of drug-likeness (QED) is 0.469. The van der Waals surface area contributed by atoms with Crippen molar-refractivity contribution in [1.29, 1.82) is 0 Å². The summed E-state index contributed by atoms with van der Waals surface area (Å²) in [4.78, 5) is 21.5. The summed E-state index contributed by atoms with van der Waals surface area (Å²) in [7, 11) is 0. The van der Waals surface area contributed by atoms with Crippen molar-refractivity contribution in [3.05, 3.63) is 95.3 Å². The number of rotatable bonds is 5. The van der Waals surface area contributed by atoms with E-state index in [0.717, 1.165) is 5.56 Å². The fourth-order valence-electron chi connectivity index (χ4n) is 3.15. The summed E-state index contributed by atoms with van der Waals surface area (Å²) in [6, 6.07) is 20.9. The molecule has 0 amide bonds. The van der Waals surface area contributed by atoms with Gasteiger partial charge in [-0.15, -0.1) is 0 Å². The van der Waals surface area contributed by atoms with E-state index in [1.54, 1.807) is 30.3 Å². The Bertz CT molecular complexity index is 1410. The normalized spacial score (nSPS) is 11.0. The van der Waals surface area contributed by atoms with E-state index in [1.165, 1.54) is 23.0 Å². The lowest BCUT2D eigenvalue weighted by Gasteiger charge is -2.08. The molecular weight excluding hydrogens is 396 g/mol. The first kappa shape index (κ1) is 18.6. The standard InChI is InChI=1S/C23H16N4O4/c28-17-8-6-16(7-9-17)27-14-24-20-12-18(10-11-19(20)23(27)29)30-13-21-25-22(31-26-21)15-4-2-1-3-5-15/h1-12,14,28H,13H2. The van der Waals surface area contributed by atoms with Crippen LogP contribution in [-0.4, -0.2) is 24.8 Å². The molecular formula is C23H16N4O4. The molecule has 8 nitrogen and oxygen atoms in total. The van der Waals surface area contributed by atoms with E-state index in [9.17, 15) is 9.90 Å². The van der Waals surface area contributed by atoms with Crippen LogP contribution in [0.2, 0.25) is 0 Å². The maximum Gasteiger partial charge on any atom is 0.265 e. The van der Waals surface area contributed by atoms with Gasteiger partial charge in [-0.05, 0) is 48.5 Å². The van der Waals surface area contributed by atoms with Crippen molar-refractivity contribution in [2.45, 2.75) is 6.61 Å². The molecule has 5 rings (SSSR count). The van der Waals surface area contributed by atoms with Crippen LogP contribution in [0.5, 0.6) is 11.5 Å². The molecule has 0 aliphatic heterocycles. The Kier molecular flexibility index (Phi) is 4.64. The molecule has 8 heteroatoms. The number of aromatic nitrogens is 4. The molecule has 0 spiro atoms. The topological polar surface area (TPSA) is 103 Å². The molecule has 0 aliphatic rings. The van der Waals surface area contributed by atoms with Crippen LogP contribution in [0.3, 0.4) is 0 Å². The van der Waals surface area contributed by atoms with Crippen molar-refractivity contribution < 1.29 is 14.4 Å². The molecule has 3 aromatic carbocycles. The molecule has 31 heavy (non-hydrogen) atoms. The van der Waals surface area contributed by atoms with Crippen LogP contribution in [0.1, 0.15) is 5.82 Å². The number of ether oxygens (including phenoxy) is 1. The van der Waals surface area contributed by atoms with E-state index in [1.807, 2.05) is 30.3 Å². The first-order valence-electron chi connectivity index (χ1n) is 9.49. The predicted molar refractivity (Wildman–Crippen MR) is 113 cm³/mol. The van der Waals surface area contributed by atoms with Crippen LogP contribution >= 0.6 is 0 Å². The van der Waals surface area contributed by atoms with Gasteiger partial charge in [0, 0.05) is 11.6 Å². The van der Waals surface area contributed by atoms with Crippen molar-refractivity contribution >= 4 is 10.9 Å². The van der Waals surface area contributed by atoms with E-state index in [-0.39, 0.29) is 17.9 Å². The van der Waals surface area contributed by atoms with Gasteiger partial charge in [0.15, 0.2) is 6.61 Å². The minimum Gasteiger partial charge on any atom is -0.508 e. The van der Waals surface area contributed by atoms with Crippen molar-refractivity contribution in [2.75, 3.05) is 0 Å². The number of phenols is 1.